The number of carbonyl (C=O) groups excluding carboxylic acids is 1. The standard InChI is InChI=1S/C16H17F3N6O/c1-9(14-21-6-10(7-22-14)16(17,18)19)24-4-5-25-13(15(24)26)11-8-20-3-2-12(11)23-25/h6-7,9,20H,2-5,8H2,1H3/t9-/m0/s1. The van der Waals surface area contributed by atoms with E-state index in [2.05, 4.69) is 20.4 Å². The van der Waals surface area contributed by atoms with Crippen molar-refractivity contribution >= 4 is 5.91 Å². The average Bonchev–Trinajstić information content (AvgIpc) is 3.00. The van der Waals surface area contributed by atoms with Crippen LogP contribution in [-0.2, 0) is 25.7 Å². The number of nitrogens with zero attached hydrogens (tertiary/aromatic N) is 5. The van der Waals surface area contributed by atoms with Gasteiger partial charge in [-0.2, -0.15) is 18.3 Å². The van der Waals surface area contributed by atoms with Crippen molar-refractivity contribution in [3.8, 4) is 0 Å². The second-order valence-corrected chi connectivity index (χ2v) is 6.43. The summed E-state index contributed by atoms with van der Waals surface area (Å²) in [5, 5.41) is 7.76. The number of carbonyl (C=O) groups is 1. The van der Waals surface area contributed by atoms with E-state index in [1.54, 1.807) is 16.5 Å². The minimum absolute atomic E-state index is 0.186. The molecule has 0 spiro atoms. The number of hydrogen-bond acceptors (Lipinski definition) is 5. The van der Waals surface area contributed by atoms with Gasteiger partial charge in [-0.1, -0.05) is 0 Å². The molecule has 0 aliphatic carbocycles. The van der Waals surface area contributed by atoms with Gasteiger partial charge >= 0.3 is 6.18 Å². The number of amides is 1. The van der Waals surface area contributed by atoms with E-state index in [9.17, 15) is 18.0 Å². The number of rotatable bonds is 2. The van der Waals surface area contributed by atoms with Gasteiger partial charge in [-0.15, -0.1) is 0 Å². The maximum atomic E-state index is 13.0. The Labute approximate surface area is 147 Å². The van der Waals surface area contributed by atoms with Gasteiger partial charge in [0.25, 0.3) is 5.91 Å². The van der Waals surface area contributed by atoms with E-state index in [0.717, 1.165) is 36.6 Å². The first-order valence-corrected chi connectivity index (χ1v) is 8.35. The molecule has 0 saturated carbocycles. The Hall–Kier alpha value is -2.49. The van der Waals surface area contributed by atoms with Crippen LogP contribution >= 0.6 is 0 Å². The predicted molar refractivity (Wildman–Crippen MR) is 84.1 cm³/mol. The Morgan fingerprint density at radius 1 is 1.23 bits per heavy atom. The molecule has 138 valence electrons. The van der Waals surface area contributed by atoms with Gasteiger partial charge in [0.15, 0.2) is 0 Å². The molecule has 4 rings (SSSR count). The van der Waals surface area contributed by atoms with Gasteiger partial charge in [-0.05, 0) is 6.92 Å². The molecule has 26 heavy (non-hydrogen) atoms. The molecule has 0 radical (unpaired) electrons. The third-order valence-corrected chi connectivity index (χ3v) is 4.83. The highest BCUT2D eigenvalue weighted by atomic mass is 19.4. The molecule has 0 aromatic carbocycles. The molecule has 2 aromatic rings. The third kappa shape index (κ3) is 2.74. The summed E-state index contributed by atoms with van der Waals surface area (Å²) in [7, 11) is 0. The lowest BCUT2D eigenvalue weighted by molar-refractivity contribution is -0.138. The van der Waals surface area contributed by atoms with E-state index >= 15 is 0 Å². The van der Waals surface area contributed by atoms with Crippen molar-refractivity contribution in [3.63, 3.8) is 0 Å². The molecule has 7 nitrogen and oxygen atoms in total. The number of hydrogen-bond donors (Lipinski definition) is 1. The van der Waals surface area contributed by atoms with Gasteiger partial charge < -0.3 is 10.2 Å². The van der Waals surface area contributed by atoms with Crippen molar-refractivity contribution in [1.29, 1.82) is 0 Å². The van der Waals surface area contributed by atoms with Crippen LogP contribution in [0, 0.1) is 0 Å². The lowest BCUT2D eigenvalue weighted by Crippen LogP contribution is -2.43. The molecule has 0 unspecified atom stereocenters. The van der Waals surface area contributed by atoms with E-state index in [1.165, 1.54) is 0 Å². The summed E-state index contributed by atoms with van der Waals surface area (Å²) in [6.07, 6.45) is -2.20. The zero-order valence-electron chi connectivity index (χ0n) is 14.0. The highest BCUT2D eigenvalue weighted by Gasteiger charge is 2.36. The summed E-state index contributed by atoms with van der Waals surface area (Å²) >= 11 is 0. The first-order chi connectivity index (χ1) is 12.4. The molecular weight excluding hydrogens is 349 g/mol. The number of aromatic nitrogens is 4. The Kier molecular flexibility index (Phi) is 3.94. The topological polar surface area (TPSA) is 75.9 Å². The molecule has 2 aliphatic rings. The van der Waals surface area contributed by atoms with Crippen LogP contribution in [-0.4, -0.2) is 43.6 Å². The fourth-order valence-electron chi connectivity index (χ4n) is 3.41. The van der Waals surface area contributed by atoms with Gasteiger partial charge in [0, 0.05) is 44.0 Å². The first-order valence-electron chi connectivity index (χ1n) is 8.35. The smallest absolute Gasteiger partial charge is 0.325 e. The molecule has 1 amide bonds. The molecule has 1 atom stereocenters. The van der Waals surface area contributed by atoms with Crippen molar-refractivity contribution in [2.45, 2.75) is 38.7 Å². The summed E-state index contributed by atoms with van der Waals surface area (Å²) in [5.41, 5.74) is 1.49. The SMILES string of the molecule is C[C@@H](c1ncc(C(F)(F)F)cn1)N1CCn2nc3c(c2C1=O)CNCC3. The summed E-state index contributed by atoms with van der Waals surface area (Å²) < 4.78 is 39.7. The fourth-order valence-corrected chi connectivity index (χ4v) is 3.41. The van der Waals surface area contributed by atoms with E-state index in [4.69, 9.17) is 0 Å². The first kappa shape index (κ1) is 17.0. The van der Waals surface area contributed by atoms with Crippen LogP contribution in [0.1, 0.15) is 46.1 Å². The Morgan fingerprint density at radius 2 is 1.96 bits per heavy atom. The van der Waals surface area contributed by atoms with Gasteiger partial charge in [-0.3, -0.25) is 9.48 Å². The monoisotopic (exact) mass is 366 g/mol. The number of halogens is 3. The molecule has 0 saturated heterocycles. The summed E-state index contributed by atoms with van der Waals surface area (Å²) in [4.78, 5) is 22.2. The van der Waals surface area contributed by atoms with Crippen molar-refractivity contribution in [2.24, 2.45) is 0 Å². The van der Waals surface area contributed by atoms with Crippen LogP contribution in [0.2, 0.25) is 0 Å². The second-order valence-electron chi connectivity index (χ2n) is 6.43. The van der Waals surface area contributed by atoms with Gasteiger partial charge in [0.2, 0.25) is 0 Å². The molecule has 0 fully saturated rings. The van der Waals surface area contributed by atoms with E-state index in [1.807, 2.05) is 0 Å². The number of fused-ring (bicyclic) bond motifs is 3. The molecule has 10 heteroatoms. The molecule has 2 aliphatic heterocycles. The number of alkyl halides is 3. The molecule has 2 aromatic heterocycles. The van der Waals surface area contributed by atoms with Crippen LogP contribution < -0.4 is 5.32 Å². The largest absolute Gasteiger partial charge is 0.419 e. The Bertz CT molecular complexity index is 845. The molecular formula is C16H17F3N6O. The maximum Gasteiger partial charge on any atom is 0.419 e. The van der Waals surface area contributed by atoms with E-state index < -0.39 is 17.8 Å². The van der Waals surface area contributed by atoms with Crippen LogP contribution in [0.25, 0.3) is 0 Å². The fraction of sp³-hybridized carbons (Fsp3) is 0.500. The zero-order valence-corrected chi connectivity index (χ0v) is 14.0. The average molecular weight is 366 g/mol. The molecule has 1 N–H and O–H groups in total. The van der Waals surface area contributed by atoms with Crippen molar-refractivity contribution < 1.29 is 18.0 Å². The van der Waals surface area contributed by atoms with Crippen LogP contribution in [0.15, 0.2) is 12.4 Å². The van der Waals surface area contributed by atoms with Crippen molar-refractivity contribution in [3.05, 3.63) is 40.7 Å². The van der Waals surface area contributed by atoms with Crippen LogP contribution in [0.3, 0.4) is 0 Å². The zero-order chi connectivity index (χ0) is 18.5. The molecule has 4 heterocycles. The third-order valence-electron chi connectivity index (χ3n) is 4.83. The lowest BCUT2D eigenvalue weighted by atomic mass is 10.0. The van der Waals surface area contributed by atoms with E-state index in [-0.39, 0.29) is 11.7 Å². The maximum absolute atomic E-state index is 13.0. The highest BCUT2D eigenvalue weighted by molar-refractivity contribution is 5.95. The minimum atomic E-state index is -4.48. The number of nitrogens with one attached hydrogen (secondary N) is 1. The summed E-state index contributed by atoms with van der Waals surface area (Å²) in [5.74, 6) is -0.00370. The minimum Gasteiger partial charge on any atom is -0.325 e. The second kappa shape index (κ2) is 6.04. The van der Waals surface area contributed by atoms with Gasteiger partial charge in [-0.25, -0.2) is 9.97 Å². The predicted octanol–water partition coefficient (Wildman–Crippen LogP) is 1.55. The van der Waals surface area contributed by atoms with Crippen LogP contribution in [0.5, 0.6) is 0 Å². The Balaban J connectivity index is 1.61. The summed E-state index contributed by atoms with van der Waals surface area (Å²) in [6, 6.07) is -0.527. The van der Waals surface area contributed by atoms with E-state index in [0.29, 0.717) is 25.3 Å². The van der Waals surface area contributed by atoms with Crippen molar-refractivity contribution in [1.82, 2.24) is 30.0 Å². The highest BCUT2D eigenvalue weighted by Crippen LogP contribution is 2.30. The van der Waals surface area contributed by atoms with Gasteiger partial charge in [0.1, 0.15) is 11.5 Å². The Morgan fingerprint density at radius 3 is 2.65 bits per heavy atom. The quantitative estimate of drug-likeness (QED) is 0.873. The normalized spacial score (nSPS) is 18.5. The van der Waals surface area contributed by atoms with Crippen LogP contribution in [0.4, 0.5) is 13.2 Å². The summed E-state index contributed by atoms with van der Waals surface area (Å²) in [6.45, 7) is 4.09. The van der Waals surface area contributed by atoms with Crippen molar-refractivity contribution in [2.75, 3.05) is 13.1 Å². The van der Waals surface area contributed by atoms with Gasteiger partial charge in [0.05, 0.1) is 23.8 Å². The lowest BCUT2D eigenvalue weighted by Gasteiger charge is -2.32. The molecule has 0 bridgehead atoms.